The molecule has 5 heteroatoms. The zero-order valence-corrected chi connectivity index (χ0v) is 10.2. The van der Waals surface area contributed by atoms with Crippen molar-refractivity contribution in [3.05, 3.63) is 0 Å². The molecule has 0 aromatic heterocycles. The maximum atomic E-state index is 11.5. The Morgan fingerprint density at radius 2 is 1.94 bits per heavy atom. The molecule has 0 heterocycles. The Kier molecular flexibility index (Phi) is 6.72. The predicted molar refractivity (Wildman–Crippen MR) is 60.2 cm³/mol. The van der Waals surface area contributed by atoms with E-state index >= 15 is 0 Å². The summed E-state index contributed by atoms with van der Waals surface area (Å²) in [7, 11) is 1.61. The molecule has 16 heavy (non-hydrogen) atoms. The largest absolute Gasteiger partial charge is 0.481 e. The quantitative estimate of drug-likeness (QED) is 0.612. The van der Waals surface area contributed by atoms with Gasteiger partial charge in [-0.3, -0.25) is 9.59 Å². The van der Waals surface area contributed by atoms with Crippen LogP contribution in [0.25, 0.3) is 0 Å². The number of methoxy groups -OCH3 is 1. The number of nitrogens with one attached hydrogen (secondary N) is 1. The van der Waals surface area contributed by atoms with E-state index in [1.54, 1.807) is 21.0 Å². The number of ether oxygens (including phenoxy) is 1. The van der Waals surface area contributed by atoms with Crippen LogP contribution in [0.4, 0.5) is 0 Å². The minimum Gasteiger partial charge on any atom is -0.481 e. The van der Waals surface area contributed by atoms with Crippen LogP contribution in [-0.2, 0) is 14.3 Å². The molecule has 0 spiro atoms. The minimum absolute atomic E-state index is 0.00150. The first-order valence-corrected chi connectivity index (χ1v) is 5.35. The van der Waals surface area contributed by atoms with Gasteiger partial charge in [-0.15, -0.1) is 0 Å². The maximum absolute atomic E-state index is 11.5. The molecule has 0 aliphatic carbocycles. The molecule has 0 aromatic carbocycles. The number of hydrogen-bond acceptors (Lipinski definition) is 3. The molecule has 0 saturated carbocycles. The van der Waals surface area contributed by atoms with Gasteiger partial charge in [0.05, 0.1) is 6.42 Å². The number of hydrogen-bond donors (Lipinski definition) is 2. The van der Waals surface area contributed by atoms with Crippen LogP contribution in [-0.4, -0.2) is 37.2 Å². The van der Waals surface area contributed by atoms with Crippen molar-refractivity contribution in [2.45, 2.75) is 33.1 Å². The fraction of sp³-hybridized carbons (Fsp3) is 0.818. The van der Waals surface area contributed by atoms with Crippen molar-refractivity contribution in [1.82, 2.24) is 5.32 Å². The lowest BCUT2D eigenvalue weighted by molar-refractivity contribution is -0.139. The molecular formula is C11H21NO4. The molecule has 5 nitrogen and oxygen atoms in total. The van der Waals surface area contributed by atoms with Crippen LogP contribution < -0.4 is 5.32 Å². The Balaban J connectivity index is 3.80. The molecule has 0 rings (SSSR count). The number of carboxylic acids is 1. The van der Waals surface area contributed by atoms with Crippen molar-refractivity contribution >= 4 is 11.9 Å². The topological polar surface area (TPSA) is 75.6 Å². The second kappa shape index (κ2) is 7.22. The summed E-state index contributed by atoms with van der Waals surface area (Å²) in [4.78, 5) is 22.0. The normalized spacial score (nSPS) is 11.2. The summed E-state index contributed by atoms with van der Waals surface area (Å²) in [5.74, 6) is -0.987. The van der Waals surface area contributed by atoms with Crippen LogP contribution in [0, 0.1) is 5.41 Å². The lowest BCUT2D eigenvalue weighted by atomic mass is 9.85. The monoisotopic (exact) mass is 231 g/mol. The summed E-state index contributed by atoms with van der Waals surface area (Å²) in [6.45, 7) is 4.72. The molecule has 0 saturated heterocycles. The fourth-order valence-electron chi connectivity index (χ4n) is 1.41. The SMILES string of the molecule is COCCCNC(=O)CC(C)(C)CC(=O)O. The van der Waals surface area contributed by atoms with Gasteiger partial charge in [0, 0.05) is 26.7 Å². The van der Waals surface area contributed by atoms with Gasteiger partial charge in [0.25, 0.3) is 0 Å². The van der Waals surface area contributed by atoms with Crippen molar-refractivity contribution in [2.75, 3.05) is 20.3 Å². The van der Waals surface area contributed by atoms with E-state index in [0.29, 0.717) is 13.2 Å². The molecule has 0 unspecified atom stereocenters. The lowest BCUT2D eigenvalue weighted by Crippen LogP contribution is -2.31. The van der Waals surface area contributed by atoms with Crippen molar-refractivity contribution < 1.29 is 19.4 Å². The van der Waals surface area contributed by atoms with E-state index in [1.165, 1.54) is 0 Å². The molecular weight excluding hydrogens is 210 g/mol. The van der Waals surface area contributed by atoms with Crippen molar-refractivity contribution in [2.24, 2.45) is 5.41 Å². The molecule has 0 aliphatic heterocycles. The highest BCUT2D eigenvalue weighted by molar-refractivity contribution is 5.77. The zero-order valence-electron chi connectivity index (χ0n) is 10.2. The van der Waals surface area contributed by atoms with Crippen LogP contribution in [0.5, 0.6) is 0 Å². The van der Waals surface area contributed by atoms with Gasteiger partial charge >= 0.3 is 5.97 Å². The van der Waals surface area contributed by atoms with Gasteiger partial charge < -0.3 is 15.2 Å². The number of carbonyl (C=O) groups excluding carboxylic acids is 1. The summed E-state index contributed by atoms with van der Waals surface area (Å²) >= 11 is 0. The van der Waals surface area contributed by atoms with E-state index in [4.69, 9.17) is 9.84 Å². The molecule has 0 aromatic rings. The van der Waals surface area contributed by atoms with Gasteiger partial charge in [0.1, 0.15) is 0 Å². The zero-order chi connectivity index (χ0) is 12.6. The summed E-state index contributed by atoms with van der Waals surface area (Å²) in [5.41, 5.74) is -0.503. The standard InChI is InChI=1S/C11H21NO4/c1-11(2,8-10(14)15)7-9(13)12-5-4-6-16-3/h4-8H2,1-3H3,(H,12,13)(H,14,15). The molecule has 94 valence electrons. The van der Waals surface area contributed by atoms with Crippen LogP contribution in [0.1, 0.15) is 33.1 Å². The number of carbonyl (C=O) groups is 2. The Morgan fingerprint density at radius 1 is 1.31 bits per heavy atom. The average molecular weight is 231 g/mol. The number of aliphatic carboxylic acids is 1. The smallest absolute Gasteiger partial charge is 0.303 e. The second-order valence-corrected chi connectivity index (χ2v) is 4.61. The van der Waals surface area contributed by atoms with Gasteiger partial charge in [-0.05, 0) is 11.8 Å². The van der Waals surface area contributed by atoms with E-state index in [1.807, 2.05) is 0 Å². The molecule has 0 bridgehead atoms. The second-order valence-electron chi connectivity index (χ2n) is 4.61. The van der Waals surface area contributed by atoms with Crippen molar-refractivity contribution in [1.29, 1.82) is 0 Å². The Hall–Kier alpha value is -1.10. The Morgan fingerprint density at radius 3 is 2.44 bits per heavy atom. The first kappa shape index (κ1) is 14.9. The van der Waals surface area contributed by atoms with E-state index in [-0.39, 0.29) is 18.7 Å². The predicted octanol–water partition coefficient (Wildman–Crippen LogP) is 1.03. The maximum Gasteiger partial charge on any atom is 0.303 e. The van der Waals surface area contributed by atoms with Crippen LogP contribution in [0.2, 0.25) is 0 Å². The van der Waals surface area contributed by atoms with E-state index in [2.05, 4.69) is 5.32 Å². The van der Waals surface area contributed by atoms with Gasteiger partial charge in [-0.2, -0.15) is 0 Å². The lowest BCUT2D eigenvalue weighted by Gasteiger charge is -2.21. The average Bonchev–Trinajstić information content (AvgIpc) is 2.09. The van der Waals surface area contributed by atoms with Gasteiger partial charge in [0.2, 0.25) is 5.91 Å². The number of amides is 1. The minimum atomic E-state index is -0.878. The van der Waals surface area contributed by atoms with Crippen molar-refractivity contribution in [3.8, 4) is 0 Å². The summed E-state index contributed by atoms with van der Waals surface area (Å²) in [6, 6.07) is 0. The van der Waals surface area contributed by atoms with E-state index in [9.17, 15) is 9.59 Å². The first-order chi connectivity index (χ1) is 7.37. The Labute approximate surface area is 96.2 Å². The molecule has 0 radical (unpaired) electrons. The molecule has 0 atom stereocenters. The summed E-state index contributed by atoms with van der Waals surface area (Å²) in [5, 5.41) is 11.4. The molecule has 2 N–H and O–H groups in total. The highest BCUT2D eigenvalue weighted by atomic mass is 16.5. The molecule has 0 fully saturated rings. The number of rotatable bonds is 8. The van der Waals surface area contributed by atoms with Gasteiger partial charge in [-0.25, -0.2) is 0 Å². The summed E-state index contributed by atoms with van der Waals surface area (Å²) in [6.07, 6.45) is 0.992. The van der Waals surface area contributed by atoms with Crippen LogP contribution >= 0.6 is 0 Å². The highest BCUT2D eigenvalue weighted by Crippen LogP contribution is 2.24. The third-order valence-corrected chi connectivity index (χ3v) is 2.12. The molecule has 0 aliphatic rings. The van der Waals surface area contributed by atoms with Crippen LogP contribution in [0.15, 0.2) is 0 Å². The number of carboxylic acid groups (broad SMARTS) is 1. The Bertz CT molecular complexity index is 238. The van der Waals surface area contributed by atoms with Crippen LogP contribution in [0.3, 0.4) is 0 Å². The van der Waals surface area contributed by atoms with E-state index < -0.39 is 11.4 Å². The third kappa shape index (κ3) is 8.23. The highest BCUT2D eigenvalue weighted by Gasteiger charge is 2.24. The fourth-order valence-corrected chi connectivity index (χ4v) is 1.41. The van der Waals surface area contributed by atoms with Crippen molar-refractivity contribution in [3.63, 3.8) is 0 Å². The third-order valence-electron chi connectivity index (χ3n) is 2.12. The molecule has 1 amide bonds. The van der Waals surface area contributed by atoms with Gasteiger partial charge in [0.15, 0.2) is 0 Å². The first-order valence-electron chi connectivity index (χ1n) is 5.35. The summed E-state index contributed by atoms with van der Waals surface area (Å²) < 4.78 is 4.85. The van der Waals surface area contributed by atoms with E-state index in [0.717, 1.165) is 6.42 Å². The van der Waals surface area contributed by atoms with Gasteiger partial charge in [-0.1, -0.05) is 13.8 Å².